The minimum Gasteiger partial charge on any atom is -0.361 e. The van der Waals surface area contributed by atoms with Crippen LogP contribution in [0, 0.1) is 0 Å². The van der Waals surface area contributed by atoms with Crippen molar-refractivity contribution in [1.82, 2.24) is 19.7 Å². The number of nitrogens with one attached hydrogen (secondary N) is 1. The molecule has 28 heavy (non-hydrogen) atoms. The molecule has 0 fully saturated rings. The van der Waals surface area contributed by atoms with E-state index in [-0.39, 0.29) is 22.4 Å². The fourth-order valence-electron chi connectivity index (χ4n) is 2.57. The summed E-state index contributed by atoms with van der Waals surface area (Å²) in [5, 5.41) is 6.65. The van der Waals surface area contributed by atoms with E-state index in [0.29, 0.717) is 0 Å². The maximum Gasteiger partial charge on any atom is 0.416 e. The summed E-state index contributed by atoms with van der Waals surface area (Å²) >= 11 is 0. The van der Waals surface area contributed by atoms with Crippen LogP contribution in [0.1, 0.15) is 5.56 Å². The van der Waals surface area contributed by atoms with E-state index in [9.17, 15) is 22.8 Å². The van der Waals surface area contributed by atoms with Crippen molar-refractivity contribution in [2.24, 2.45) is 0 Å². The minimum atomic E-state index is -4.55. The molecule has 11 heteroatoms. The van der Waals surface area contributed by atoms with Crippen LogP contribution >= 0.6 is 0 Å². The molecule has 0 saturated heterocycles. The number of carbonyl (C=O) groups is 1. The van der Waals surface area contributed by atoms with Crippen LogP contribution in [0.5, 0.6) is 0 Å². The Morgan fingerprint density at radius 2 is 1.96 bits per heavy atom. The number of rotatable bonds is 4. The van der Waals surface area contributed by atoms with Gasteiger partial charge in [-0.1, -0.05) is 0 Å². The van der Waals surface area contributed by atoms with Crippen LogP contribution in [0.2, 0.25) is 0 Å². The Bertz CT molecular complexity index is 1080. The van der Waals surface area contributed by atoms with Crippen LogP contribution in [-0.4, -0.2) is 39.8 Å². The molecule has 0 saturated carbocycles. The Hall–Kier alpha value is -3.50. The van der Waals surface area contributed by atoms with E-state index in [4.69, 9.17) is 0 Å². The number of alkyl halides is 3. The van der Waals surface area contributed by atoms with Gasteiger partial charge in [-0.2, -0.15) is 18.3 Å². The number of fused-ring (bicyclic) bond motifs is 1. The van der Waals surface area contributed by atoms with E-state index < -0.39 is 29.8 Å². The van der Waals surface area contributed by atoms with Gasteiger partial charge in [-0.05, 0) is 24.3 Å². The van der Waals surface area contributed by atoms with Crippen molar-refractivity contribution in [2.45, 2.75) is 12.7 Å². The second kappa shape index (κ2) is 7.25. The summed E-state index contributed by atoms with van der Waals surface area (Å²) in [7, 11) is 3.16. The number of halogens is 3. The summed E-state index contributed by atoms with van der Waals surface area (Å²) < 4.78 is 40.0. The van der Waals surface area contributed by atoms with Crippen LogP contribution in [0.4, 0.5) is 24.8 Å². The molecule has 3 rings (SSSR count). The molecule has 2 aromatic heterocycles. The van der Waals surface area contributed by atoms with Gasteiger partial charge in [0.25, 0.3) is 5.56 Å². The fraction of sp³-hybridized carbons (Fsp3) is 0.235. The summed E-state index contributed by atoms with van der Waals surface area (Å²) in [6.07, 6.45) is -1.87. The van der Waals surface area contributed by atoms with Gasteiger partial charge in [-0.15, -0.1) is 0 Å². The third kappa shape index (κ3) is 3.92. The highest BCUT2D eigenvalue weighted by Crippen LogP contribution is 2.32. The average Bonchev–Trinajstić information content (AvgIpc) is 2.63. The Morgan fingerprint density at radius 3 is 2.57 bits per heavy atom. The van der Waals surface area contributed by atoms with Gasteiger partial charge in [0, 0.05) is 25.7 Å². The first-order chi connectivity index (χ1) is 13.2. The van der Waals surface area contributed by atoms with Gasteiger partial charge in [0.15, 0.2) is 5.82 Å². The van der Waals surface area contributed by atoms with Gasteiger partial charge in [0.05, 0.1) is 10.9 Å². The number of amides is 1. The van der Waals surface area contributed by atoms with Gasteiger partial charge >= 0.3 is 6.18 Å². The van der Waals surface area contributed by atoms with E-state index in [0.717, 1.165) is 22.9 Å². The summed E-state index contributed by atoms with van der Waals surface area (Å²) in [6.45, 7) is -0.430. The largest absolute Gasteiger partial charge is 0.416 e. The highest BCUT2D eigenvalue weighted by atomic mass is 19.4. The Balaban J connectivity index is 2.03. The number of hydrogen-bond donors (Lipinski definition) is 1. The SMILES string of the molecule is CN(C)c1nn(CC(=O)Nc2ccncn2)c(=O)c2ccc(C(F)(F)F)cc12. The van der Waals surface area contributed by atoms with E-state index in [1.165, 1.54) is 23.5 Å². The molecule has 3 aromatic rings. The topological polar surface area (TPSA) is 93.0 Å². The van der Waals surface area contributed by atoms with E-state index in [1.807, 2.05) is 0 Å². The quantitative estimate of drug-likeness (QED) is 0.729. The normalized spacial score (nSPS) is 11.5. The number of anilines is 2. The molecule has 0 aliphatic heterocycles. The Labute approximate surface area is 156 Å². The standard InChI is InChI=1S/C17H15F3N6O2/c1-25(2)15-12-7-10(17(18,19)20)3-4-11(12)16(28)26(24-15)8-14(27)23-13-5-6-21-9-22-13/h3-7,9H,8H2,1-2H3,(H,21,22,23,27). The van der Waals surface area contributed by atoms with Crippen LogP contribution < -0.4 is 15.8 Å². The second-order valence-corrected chi connectivity index (χ2v) is 6.08. The molecule has 0 atom stereocenters. The molecule has 0 spiro atoms. The fourth-order valence-corrected chi connectivity index (χ4v) is 2.57. The molecule has 0 unspecified atom stereocenters. The molecule has 1 amide bonds. The van der Waals surface area contributed by atoms with Gasteiger partial charge in [-0.25, -0.2) is 14.6 Å². The molecule has 0 aliphatic rings. The van der Waals surface area contributed by atoms with Crippen LogP contribution in [0.25, 0.3) is 10.8 Å². The lowest BCUT2D eigenvalue weighted by Gasteiger charge is -2.17. The molecule has 146 valence electrons. The molecule has 2 heterocycles. The number of nitrogens with zero attached hydrogens (tertiary/aromatic N) is 5. The number of benzene rings is 1. The summed E-state index contributed by atoms with van der Waals surface area (Å²) in [5.74, 6) is -0.184. The van der Waals surface area contributed by atoms with Crippen molar-refractivity contribution in [3.05, 3.63) is 52.7 Å². The number of aromatic nitrogens is 4. The van der Waals surface area contributed by atoms with Gasteiger partial charge in [0.2, 0.25) is 5.91 Å². The summed E-state index contributed by atoms with van der Waals surface area (Å²) in [4.78, 5) is 33.9. The highest BCUT2D eigenvalue weighted by molar-refractivity contribution is 5.93. The number of hydrogen-bond acceptors (Lipinski definition) is 6. The second-order valence-electron chi connectivity index (χ2n) is 6.08. The van der Waals surface area contributed by atoms with Crippen molar-refractivity contribution >= 4 is 28.3 Å². The predicted octanol–water partition coefficient (Wildman–Crippen LogP) is 1.91. The van der Waals surface area contributed by atoms with Gasteiger partial charge < -0.3 is 10.2 Å². The van der Waals surface area contributed by atoms with E-state index in [2.05, 4.69) is 20.4 Å². The third-order valence-electron chi connectivity index (χ3n) is 3.83. The Morgan fingerprint density at radius 1 is 1.21 bits per heavy atom. The highest BCUT2D eigenvalue weighted by Gasteiger charge is 2.31. The first-order valence-electron chi connectivity index (χ1n) is 8.02. The first kappa shape index (κ1) is 19.3. The monoisotopic (exact) mass is 392 g/mol. The molecule has 8 nitrogen and oxygen atoms in total. The smallest absolute Gasteiger partial charge is 0.361 e. The predicted molar refractivity (Wildman–Crippen MR) is 96.0 cm³/mol. The molecular formula is C17H15F3N6O2. The first-order valence-corrected chi connectivity index (χ1v) is 8.02. The lowest BCUT2D eigenvalue weighted by molar-refractivity contribution is -0.137. The van der Waals surface area contributed by atoms with Crippen molar-refractivity contribution in [3.8, 4) is 0 Å². The molecular weight excluding hydrogens is 377 g/mol. The molecule has 0 bridgehead atoms. The molecule has 1 N–H and O–H groups in total. The van der Waals surface area contributed by atoms with Gasteiger partial charge in [-0.3, -0.25) is 9.59 Å². The lowest BCUT2D eigenvalue weighted by Crippen LogP contribution is -2.31. The van der Waals surface area contributed by atoms with Crippen LogP contribution in [0.3, 0.4) is 0 Å². The maximum atomic E-state index is 13.0. The molecule has 0 aliphatic carbocycles. The van der Waals surface area contributed by atoms with Crippen LogP contribution in [0.15, 0.2) is 41.6 Å². The summed E-state index contributed by atoms with van der Waals surface area (Å²) in [6, 6.07) is 4.27. The lowest BCUT2D eigenvalue weighted by atomic mass is 10.1. The molecule has 0 radical (unpaired) electrons. The zero-order valence-corrected chi connectivity index (χ0v) is 14.9. The number of carbonyl (C=O) groups excluding carboxylic acids is 1. The van der Waals surface area contributed by atoms with Crippen molar-refractivity contribution in [3.63, 3.8) is 0 Å². The maximum absolute atomic E-state index is 13.0. The van der Waals surface area contributed by atoms with Crippen LogP contribution in [-0.2, 0) is 17.5 Å². The van der Waals surface area contributed by atoms with Gasteiger partial charge in [0.1, 0.15) is 18.7 Å². The molecule has 1 aromatic carbocycles. The Kier molecular flexibility index (Phi) is 4.99. The van der Waals surface area contributed by atoms with Crippen molar-refractivity contribution in [2.75, 3.05) is 24.3 Å². The van der Waals surface area contributed by atoms with Crippen molar-refractivity contribution in [1.29, 1.82) is 0 Å². The summed E-state index contributed by atoms with van der Waals surface area (Å²) in [5.41, 5.74) is -1.56. The van der Waals surface area contributed by atoms with E-state index >= 15 is 0 Å². The van der Waals surface area contributed by atoms with Crippen molar-refractivity contribution < 1.29 is 18.0 Å². The third-order valence-corrected chi connectivity index (χ3v) is 3.83. The van der Waals surface area contributed by atoms with E-state index in [1.54, 1.807) is 14.1 Å². The average molecular weight is 392 g/mol. The zero-order valence-electron chi connectivity index (χ0n) is 14.9. The minimum absolute atomic E-state index is 0.0292. The zero-order chi connectivity index (χ0) is 20.5.